The van der Waals surface area contributed by atoms with Gasteiger partial charge in [0.2, 0.25) is 0 Å². The minimum Gasteiger partial charge on any atom is -0.300 e. The molecule has 0 saturated heterocycles. The third-order valence-electron chi connectivity index (χ3n) is 4.68. The summed E-state index contributed by atoms with van der Waals surface area (Å²) < 4.78 is 0. The molecule has 0 aromatic heterocycles. The summed E-state index contributed by atoms with van der Waals surface area (Å²) in [5.41, 5.74) is 6.30. The molecule has 3 aromatic rings. The highest BCUT2D eigenvalue weighted by Gasteiger charge is 2.29. The van der Waals surface area contributed by atoms with Crippen LogP contribution in [0.2, 0.25) is 10.0 Å². The topological polar surface area (TPSA) is 12.0 Å². The lowest BCUT2D eigenvalue weighted by Crippen LogP contribution is -2.24. The van der Waals surface area contributed by atoms with Gasteiger partial charge in [-0.25, -0.2) is 0 Å². The molecule has 0 radical (unpaired) electrons. The summed E-state index contributed by atoms with van der Waals surface area (Å²) in [7, 11) is 0. The van der Waals surface area contributed by atoms with Gasteiger partial charge in [-0.15, -0.1) is 0 Å². The highest BCUT2D eigenvalue weighted by molar-refractivity contribution is 6.35. The molecule has 0 aliphatic heterocycles. The average molecular weight is 354 g/mol. The zero-order valence-corrected chi connectivity index (χ0v) is 14.8. The zero-order valence-electron chi connectivity index (χ0n) is 13.3. The fraction of sp³-hybridized carbons (Fsp3) is 0.143. The molecule has 1 aliphatic rings. The van der Waals surface area contributed by atoms with E-state index in [2.05, 4.69) is 60.8 Å². The number of hydrogen-bond acceptors (Lipinski definition) is 1. The summed E-state index contributed by atoms with van der Waals surface area (Å²) in [5.74, 6) is 0. The maximum atomic E-state index is 6.39. The lowest BCUT2D eigenvalue weighted by Gasteiger charge is -2.23. The molecule has 0 unspecified atom stereocenters. The predicted octanol–water partition coefficient (Wildman–Crippen LogP) is 6.41. The van der Waals surface area contributed by atoms with Gasteiger partial charge in [0.1, 0.15) is 0 Å². The van der Waals surface area contributed by atoms with Crippen molar-refractivity contribution in [3.05, 3.63) is 93.5 Å². The van der Waals surface area contributed by atoms with Gasteiger partial charge in [-0.05, 0) is 46.9 Å². The molecule has 1 atom stereocenters. The first kappa shape index (κ1) is 15.7. The largest absolute Gasteiger partial charge is 0.300 e. The Balaban J connectivity index is 1.72. The van der Waals surface area contributed by atoms with E-state index >= 15 is 0 Å². The van der Waals surface area contributed by atoms with Crippen LogP contribution in [0.4, 0.5) is 0 Å². The van der Waals surface area contributed by atoms with Crippen molar-refractivity contribution < 1.29 is 0 Å². The average Bonchev–Trinajstić information content (AvgIpc) is 2.89. The van der Waals surface area contributed by atoms with Gasteiger partial charge in [0, 0.05) is 16.1 Å². The minimum atomic E-state index is 0.110. The molecular formula is C21H17Cl2N. The van der Waals surface area contributed by atoms with E-state index in [1.54, 1.807) is 6.07 Å². The molecule has 24 heavy (non-hydrogen) atoms. The Morgan fingerprint density at radius 2 is 1.42 bits per heavy atom. The summed E-state index contributed by atoms with van der Waals surface area (Å²) in [6.45, 7) is 2.14. The second-order valence-electron chi connectivity index (χ2n) is 6.16. The van der Waals surface area contributed by atoms with Gasteiger partial charge in [-0.1, -0.05) is 77.8 Å². The van der Waals surface area contributed by atoms with Crippen LogP contribution in [0.5, 0.6) is 0 Å². The van der Waals surface area contributed by atoms with Crippen LogP contribution in [0.1, 0.15) is 35.7 Å². The molecular weight excluding hydrogens is 337 g/mol. The summed E-state index contributed by atoms with van der Waals surface area (Å²) in [4.78, 5) is 0. The molecule has 120 valence electrons. The first-order chi connectivity index (χ1) is 11.6. The van der Waals surface area contributed by atoms with Gasteiger partial charge < -0.3 is 0 Å². The monoisotopic (exact) mass is 353 g/mol. The maximum Gasteiger partial charge on any atom is 0.0593 e. The molecule has 1 nitrogen and oxygen atoms in total. The molecule has 0 amide bonds. The second kappa shape index (κ2) is 6.25. The smallest absolute Gasteiger partial charge is 0.0593 e. The van der Waals surface area contributed by atoms with Crippen LogP contribution in [0, 0.1) is 0 Å². The van der Waals surface area contributed by atoms with E-state index in [1.807, 2.05) is 12.1 Å². The number of hydrogen-bond donors (Lipinski definition) is 1. The predicted molar refractivity (Wildman–Crippen MR) is 102 cm³/mol. The summed E-state index contributed by atoms with van der Waals surface area (Å²) in [6, 6.07) is 23.1. The summed E-state index contributed by atoms with van der Waals surface area (Å²) >= 11 is 12.4. The van der Waals surface area contributed by atoms with Gasteiger partial charge in [0.25, 0.3) is 0 Å². The highest BCUT2D eigenvalue weighted by Crippen LogP contribution is 2.44. The van der Waals surface area contributed by atoms with Gasteiger partial charge in [0.05, 0.1) is 6.04 Å². The van der Waals surface area contributed by atoms with Crippen molar-refractivity contribution in [1.82, 2.24) is 5.32 Å². The molecule has 0 bridgehead atoms. The van der Waals surface area contributed by atoms with Crippen LogP contribution in [0.25, 0.3) is 11.1 Å². The Morgan fingerprint density at radius 3 is 2.00 bits per heavy atom. The zero-order chi connectivity index (χ0) is 16.7. The van der Waals surface area contributed by atoms with Crippen LogP contribution < -0.4 is 5.32 Å². The van der Waals surface area contributed by atoms with Crippen molar-refractivity contribution in [3.63, 3.8) is 0 Å². The number of fused-ring (bicyclic) bond motifs is 3. The van der Waals surface area contributed by atoms with Crippen molar-refractivity contribution >= 4 is 23.2 Å². The SMILES string of the molecule is C[C@@H](NC1c2ccccc2-c2ccccc21)c1ccc(Cl)cc1Cl. The molecule has 0 fully saturated rings. The quantitative estimate of drug-likeness (QED) is 0.573. The number of nitrogens with one attached hydrogen (secondary N) is 1. The van der Waals surface area contributed by atoms with Gasteiger partial charge in [-0.2, -0.15) is 0 Å². The Hall–Kier alpha value is -1.80. The second-order valence-corrected chi connectivity index (χ2v) is 7.01. The normalized spacial score (nSPS) is 14.3. The highest BCUT2D eigenvalue weighted by atomic mass is 35.5. The van der Waals surface area contributed by atoms with Crippen molar-refractivity contribution in [3.8, 4) is 11.1 Å². The van der Waals surface area contributed by atoms with Crippen molar-refractivity contribution in [2.75, 3.05) is 0 Å². The number of rotatable bonds is 3. The van der Waals surface area contributed by atoms with E-state index < -0.39 is 0 Å². The Kier molecular flexibility index (Phi) is 4.09. The molecule has 1 aliphatic carbocycles. The van der Waals surface area contributed by atoms with E-state index in [4.69, 9.17) is 23.2 Å². The first-order valence-electron chi connectivity index (χ1n) is 8.04. The molecule has 3 heteroatoms. The molecule has 4 rings (SSSR count). The van der Waals surface area contributed by atoms with Crippen LogP contribution in [-0.2, 0) is 0 Å². The van der Waals surface area contributed by atoms with E-state index in [-0.39, 0.29) is 12.1 Å². The standard InChI is InChI=1S/C21H17Cl2N/c1-13(15-11-10-14(22)12-20(15)23)24-21-18-8-4-2-6-16(18)17-7-3-5-9-19(17)21/h2-13,21,24H,1H3/t13-/m1/s1. The fourth-order valence-corrected chi connectivity index (χ4v) is 4.10. The Morgan fingerprint density at radius 1 is 0.833 bits per heavy atom. The van der Waals surface area contributed by atoms with Crippen molar-refractivity contribution in [2.24, 2.45) is 0 Å². The maximum absolute atomic E-state index is 6.39. The summed E-state index contributed by atoms with van der Waals surface area (Å²) in [6.07, 6.45) is 0. The molecule has 3 aromatic carbocycles. The van der Waals surface area contributed by atoms with E-state index in [9.17, 15) is 0 Å². The number of benzene rings is 3. The third kappa shape index (κ3) is 2.63. The molecule has 0 spiro atoms. The lowest BCUT2D eigenvalue weighted by atomic mass is 10.0. The van der Waals surface area contributed by atoms with Crippen molar-refractivity contribution in [2.45, 2.75) is 19.0 Å². The third-order valence-corrected chi connectivity index (χ3v) is 5.24. The van der Waals surface area contributed by atoms with Crippen LogP contribution in [-0.4, -0.2) is 0 Å². The van der Waals surface area contributed by atoms with Gasteiger partial charge in [-0.3, -0.25) is 5.32 Å². The van der Waals surface area contributed by atoms with E-state index in [1.165, 1.54) is 22.3 Å². The van der Waals surface area contributed by atoms with Gasteiger partial charge in [0.15, 0.2) is 0 Å². The Labute approximate surface area is 152 Å². The Bertz CT molecular complexity index is 858. The first-order valence-corrected chi connectivity index (χ1v) is 8.80. The van der Waals surface area contributed by atoms with E-state index in [0.717, 1.165) is 5.56 Å². The lowest BCUT2D eigenvalue weighted by molar-refractivity contribution is 0.523. The minimum absolute atomic E-state index is 0.110. The van der Waals surface area contributed by atoms with Crippen molar-refractivity contribution in [1.29, 1.82) is 0 Å². The summed E-state index contributed by atoms with van der Waals surface area (Å²) in [5, 5.41) is 5.10. The fourth-order valence-electron chi connectivity index (χ4n) is 3.53. The van der Waals surface area contributed by atoms with Gasteiger partial charge >= 0.3 is 0 Å². The van der Waals surface area contributed by atoms with Crippen LogP contribution in [0.3, 0.4) is 0 Å². The molecule has 1 N–H and O–H groups in total. The van der Waals surface area contributed by atoms with E-state index in [0.29, 0.717) is 10.0 Å². The van der Waals surface area contributed by atoms with Crippen LogP contribution in [0.15, 0.2) is 66.7 Å². The number of halogens is 2. The molecule has 0 saturated carbocycles. The van der Waals surface area contributed by atoms with Crippen LogP contribution >= 0.6 is 23.2 Å². The molecule has 0 heterocycles.